The molecular weight excluding hydrogens is 417 g/mol. The molecule has 0 spiro atoms. The largest absolute Gasteiger partial charge is 0.417 e. The Hall–Kier alpha value is -2.43. The minimum atomic E-state index is -4.76. The van der Waals surface area contributed by atoms with Crippen LogP contribution in [0.3, 0.4) is 0 Å². The van der Waals surface area contributed by atoms with Gasteiger partial charge >= 0.3 is 6.18 Å². The predicted octanol–water partition coefficient (Wildman–Crippen LogP) is 3.63. The van der Waals surface area contributed by atoms with E-state index in [0.29, 0.717) is 22.9 Å². The van der Waals surface area contributed by atoms with Gasteiger partial charge in [-0.15, -0.1) is 0 Å². The number of aromatic nitrogens is 3. The molecule has 28 heavy (non-hydrogen) atoms. The van der Waals surface area contributed by atoms with E-state index in [1.54, 1.807) is 42.5 Å². The molecule has 6 nitrogen and oxygen atoms in total. The first-order valence-electron chi connectivity index (χ1n) is 7.87. The van der Waals surface area contributed by atoms with Gasteiger partial charge in [0.05, 0.1) is 27.4 Å². The Labute approximate surface area is 164 Å². The number of aryl methyl sites for hydroxylation is 1. The topological polar surface area (TPSA) is 76.9 Å². The van der Waals surface area contributed by atoms with Crippen LogP contribution in [0.2, 0.25) is 5.02 Å². The number of benzene rings is 1. The van der Waals surface area contributed by atoms with Crippen molar-refractivity contribution in [2.45, 2.75) is 17.6 Å². The molecule has 0 aliphatic heterocycles. The van der Waals surface area contributed by atoms with E-state index in [1.807, 2.05) is 0 Å². The molecule has 0 fully saturated rings. The lowest BCUT2D eigenvalue weighted by atomic mass is 10.1. The molecule has 0 aliphatic carbocycles. The van der Waals surface area contributed by atoms with Crippen LogP contribution in [0.25, 0.3) is 11.3 Å². The van der Waals surface area contributed by atoms with Crippen molar-refractivity contribution >= 4 is 21.6 Å². The molecule has 0 aliphatic rings. The van der Waals surface area contributed by atoms with Crippen LogP contribution < -0.4 is 4.72 Å². The Morgan fingerprint density at radius 2 is 2.00 bits per heavy atom. The fraction of sp³-hybridized carbons (Fsp3) is 0.176. The van der Waals surface area contributed by atoms with Gasteiger partial charge in [-0.1, -0.05) is 17.7 Å². The van der Waals surface area contributed by atoms with Gasteiger partial charge in [-0.3, -0.25) is 9.67 Å². The highest BCUT2D eigenvalue weighted by molar-refractivity contribution is 7.89. The van der Waals surface area contributed by atoms with Crippen LogP contribution in [0.4, 0.5) is 13.2 Å². The average molecular weight is 431 g/mol. The van der Waals surface area contributed by atoms with Crippen molar-refractivity contribution in [3.8, 4) is 11.3 Å². The van der Waals surface area contributed by atoms with Gasteiger partial charge in [-0.05, 0) is 29.8 Å². The highest BCUT2D eigenvalue weighted by atomic mass is 35.5. The number of pyridine rings is 1. The van der Waals surface area contributed by atoms with Crippen molar-refractivity contribution < 1.29 is 21.6 Å². The minimum Gasteiger partial charge on any atom is -0.275 e. The average Bonchev–Trinajstić information content (AvgIpc) is 3.06. The van der Waals surface area contributed by atoms with Crippen LogP contribution >= 0.6 is 11.6 Å². The Kier molecular flexibility index (Phi) is 5.46. The zero-order valence-corrected chi connectivity index (χ0v) is 16.0. The van der Waals surface area contributed by atoms with Crippen molar-refractivity contribution in [2.24, 2.45) is 7.05 Å². The quantitative estimate of drug-likeness (QED) is 0.670. The number of halogens is 4. The van der Waals surface area contributed by atoms with Gasteiger partial charge in [0.25, 0.3) is 0 Å². The summed E-state index contributed by atoms with van der Waals surface area (Å²) in [6, 6.07) is 5.74. The van der Waals surface area contributed by atoms with Crippen molar-refractivity contribution in [3.63, 3.8) is 0 Å². The normalized spacial score (nSPS) is 12.3. The summed E-state index contributed by atoms with van der Waals surface area (Å²) in [5.41, 5.74) is 0.534. The molecule has 11 heteroatoms. The third-order valence-electron chi connectivity index (χ3n) is 3.88. The van der Waals surface area contributed by atoms with E-state index in [1.165, 1.54) is 0 Å². The molecule has 1 aromatic carbocycles. The third-order valence-corrected chi connectivity index (χ3v) is 5.60. The predicted molar refractivity (Wildman–Crippen MR) is 96.9 cm³/mol. The van der Waals surface area contributed by atoms with E-state index in [4.69, 9.17) is 11.6 Å². The van der Waals surface area contributed by atoms with Gasteiger partial charge in [0.1, 0.15) is 0 Å². The Morgan fingerprint density at radius 1 is 1.25 bits per heavy atom. The molecule has 0 saturated carbocycles. The number of nitrogens with one attached hydrogen (secondary N) is 1. The molecular formula is C17H14ClF3N4O2S. The zero-order chi connectivity index (χ0) is 20.5. The molecule has 2 aromatic heterocycles. The Morgan fingerprint density at radius 3 is 2.64 bits per heavy atom. The summed E-state index contributed by atoms with van der Waals surface area (Å²) >= 11 is 5.54. The lowest BCUT2D eigenvalue weighted by Crippen LogP contribution is -2.24. The third kappa shape index (κ3) is 4.34. The van der Waals surface area contributed by atoms with Crippen LogP contribution in [-0.2, 0) is 29.8 Å². The number of alkyl halides is 3. The van der Waals surface area contributed by atoms with Crippen LogP contribution in [-0.4, -0.2) is 23.2 Å². The molecule has 0 atom stereocenters. The zero-order valence-electron chi connectivity index (χ0n) is 14.4. The lowest BCUT2D eigenvalue weighted by Gasteiger charge is -2.13. The van der Waals surface area contributed by atoms with E-state index in [9.17, 15) is 21.6 Å². The fourth-order valence-electron chi connectivity index (χ4n) is 2.53. The molecule has 0 amide bonds. The standard InChI is InChI=1S/C17H14ClF3N4O2S/c1-25-10-12(8-23-25)16-11(3-2-6-22-16)9-24-28(26,27)13-4-5-15(18)14(7-13)17(19,20)21/h2-8,10,24H,9H2,1H3. The summed E-state index contributed by atoms with van der Waals surface area (Å²) in [6.07, 6.45) is 0.0822. The van der Waals surface area contributed by atoms with Crippen molar-refractivity contribution in [1.82, 2.24) is 19.5 Å². The van der Waals surface area contributed by atoms with Gasteiger partial charge in [0.15, 0.2) is 0 Å². The second kappa shape index (κ2) is 7.53. The van der Waals surface area contributed by atoms with E-state index in [2.05, 4.69) is 14.8 Å². The maximum Gasteiger partial charge on any atom is 0.417 e. The summed E-state index contributed by atoms with van der Waals surface area (Å²) in [4.78, 5) is 3.71. The van der Waals surface area contributed by atoms with E-state index in [0.717, 1.165) is 12.1 Å². The summed E-state index contributed by atoms with van der Waals surface area (Å²) < 4.78 is 67.8. The maximum atomic E-state index is 13.0. The molecule has 148 valence electrons. The Bertz CT molecular complexity index is 1110. The van der Waals surface area contributed by atoms with Gasteiger partial charge in [-0.25, -0.2) is 13.1 Å². The molecule has 0 saturated heterocycles. The molecule has 2 heterocycles. The maximum absolute atomic E-state index is 13.0. The smallest absolute Gasteiger partial charge is 0.275 e. The highest BCUT2D eigenvalue weighted by Gasteiger charge is 2.34. The van der Waals surface area contributed by atoms with Gasteiger partial charge < -0.3 is 0 Å². The first-order valence-corrected chi connectivity index (χ1v) is 9.73. The highest BCUT2D eigenvalue weighted by Crippen LogP contribution is 2.36. The van der Waals surface area contributed by atoms with Crippen molar-refractivity contribution in [2.75, 3.05) is 0 Å². The summed E-state index contributed by atoms with van der Waals surface area (Å²) in [6.45, 7) is -0.162. The SMILES string of the molecule is Cn1cc(-c2ncccc2CNS(=O)(=O)c2ccc(Cl)c(C(F)(F)F)c2)cn1. The Balaban J connectivity index is 1.88. The van der Waals surface area contributed by atoms with Gasteiger partial charge in [0.2, 0.25) is 10.0 Å². The fourth-order valence-corrected chi connectivity index (χ4v) is 3.79. The number of hydrogen-bond acceptors (Lipinski definition) is 4. The second-order valence-electron chi connectivity index (χ2n) is 5.88. The summed E-state index contributed by atoms with van der Waals surface area (Å²) in [7, 11) is -2.48. The van der Waals surface area contributed by atoms with Crippen molar-refractivity contribution in [1.29, 1.82) is 0 Å². The van der Waals surface area contributed by atoms with Crippen LogP contribution in [0.15, 0.2) is 53.8 Å². The summed E-state index contributed by atoms with van der Waals surface area (Å²) in [5, 5.41) is 3.48. The molecule has 0 bridgehead atoms. The second-order valence-corrected chi connectivity index (χ2v) is 8.05. The first-order chi connectivity index (χ1) is 13.1. The van der Waals surface area contributed by atoms with Gasteiger partial charge in [-0.2, -0.15) is 18.3 Å². The number of sulfonamides is 1. The number of nitrogens with zero attached hydrogens (tertiary/aromatic N) is 3. The van der Waals surface area contributed by atoms with Gasteiger partial charge in [0, 0.05) is 31.5 Å². The lowest BCUT2D eigenvalue weighted by molar-refractivity contribution is -0.137. The van der Waals surface area contributed by atoms with Crippen LogP contribution in [0.5, 0.6) is 0 Å². The molecule has 3 aromatic rings. The first kappa shape index (κ1) is 20.3. The van der Waals surface area contributed by atoms with E-state index < -0.39 is 31.7 Å². The number of hydrogen-bond donors (Lipinski definition) is 1. The number of rotatable bonds is 5. The molecule has 0 radical (unpaired) electrons. The summed E-state index contributed by atoms with van der Waals surface area (Å²) in [5.74, 6) is 0. The molecule has 3 rings (SSSR count). The van der Waals surface area contributed by atoms with Crippen LogP contribution in [0, 0.1) is 0 Å². The monoisotopic (exact) mass is 430 g/mol. The minimum absolute atomic E-state index is 0.162. The van der Waals surface area contributed by atoms with E-state index >= 15 is 0 Å². The molecule has 1 N–H and O–H groups in total. The van der Waals surface area contributed by atoms with Crippen molar-refractivity contribution in [3.05, 3.63) is 65.1 Å². The van der Waals surface area contributed by atoms with E-state index in [-0.39, 0.29) is 6.54 Å². The van der Waals surface area contributed by atoms with Crippen LogP contribution in [0.1, 0.15) is 11.1 Å². The molecule has 0 unspecified atom stereocenters.